The van der Waals surface area contributed by atoms with Crippen molar-refractivity contribution < 1.29 is 8.78 Å². The zero-order valence-corrected chi connectivity index (χ0v) is 6.40. The summed E-state index contributed by atoms with van der Waals surface area (Å²) < 4.78 is 24.2. The largest absolute Gasteiger partial charge is 0.246 e. The van der Waals surface area contributed by atoms with Crippen LogP contribution in [0.4, 0.5) is 8.78 Å². The first-order valence-corrected chi connectivity index (χ1v) is 3.47. The molecule has 1 rings (SSSR count). The van der Waals surface area contributed by atoms with Crippen molar-refractivity contribution in [3.05, 3.63) is 34.9 Å². The van der Waals surface area contributed by atoms with Gasteiger partial charge in [-0.1, -0.05) is 23.8 Å². The van der Waals surface area contributed by atoms with Crippen LogP contribution in [0.5, 0.6) is 0 Å². The fourth-order valence-electron chi connectivity index (χ4n) is 1.10. The summed E-state index contributed by atoms with van der Waals surface area (Å²) in [5, 5.41) is 0. The average Bonchev–Trinajstić information content (AvgIpc) is 2.03. The average molecular weight is 156 g/mol. The van der Waals surface area contributed by atoms with Gasteiger partial charge in [0.15, 0.2) is 0 Å². The van der Waals surface area contributed by atoms with Crippen molar-refractivity contribution in [3.63, 3.8) is 0 Å². The zero-order chi connectivity index (χ0) is 8.27. The van der Waals surface area contributed by atoms with E-state index in [-0.39, 0.29) is 0 Å². The molecule has 0 bridgehead atoms. The van der Waals surface area contributed by atoms with Crippen LogP contribution in [-0.4, -0.2) is 0 Å². The van der Waals surface area contributed by atoms with E-state index in [0.29, 0.717) is 11.1 Å². The Kier molecular flexibility index (Phi) is 2.58. The molecule has 0 aliphatic rings. The maximum atomic E-state index is 12.1. The number of alkyl halides is 2. The van der Waals surface area contributed by atoms with Gasteiger partial charge in [0.2, 0.25) is 0 Å². The first kappa shape index (κ1) is 8.18. The van der Waals surface area contributed by atoms with Crippen molar-refractivity contribution >= 4 is 0 Å². The van der Waals surface area contributed by atoms with Crippen LogP contribution in [0.15, 0.2) is 18.2 Å². The summed E-state index contributed by atoms with van der Waals surface area (Å²) >= 11 is 0. The van der Waals surface area contributed by atoms with E-state index in [1.54, 1.807) is 18.2 Å². The molecule has 0 saturated carbocycles. The van der Waals surface area contributed by atoms with Crippen molar-refractivity contribution in [3.8, 4) is 0 Å². The number of hydrogen-bond acceptors (Lipinski definition) is 0. The molecule has 1 aromatic rings. The third-order valence-corrected chi connectivity index (χ3v) is 1.51. The zero-order valence-electron chi connectivity index (χ0n) is 6.40. The monoisotopic (exact) mass is 156 g/mol. The lowest BCUT2D eigenvalue weighted by Gasteiger charge is -2.00. The molecule has 60 valence electrons. The van der Waals surface area contributed by atoms with Gasteiger partial charge >= 0.3 is 0 Å². The smallest absolute Gasteiger partial charge is 0.115 e. The summed E-state index contributed by atoms with van der Waals surface area (Å²) in [7, 11) is 0. The molecule has 2 heteroatoms. The standard InChI is InChI=1S/C9H10F2/c1-7-2-8(5-10)4-9(3-7)6-11/h2-4H,5-6H2,1H3. The van der Waals surface area contributed by atoms with E-state index < -0.39 is 13.3 Å². The highest BCUT2D eigenvalue weighted by Crippen LogP contribution is 2.11. The lowest BCUT2D eigenvalue weighted by Crippen LogP contribution is -1.86. The normalized spacial score (nSPS) is 10.1. The predicted octanol–water partition coefficient (Wildman–Crippen LogP) is 2.93. The molecule has 0 heterocycles. The Morgan fingerprint density at radius 3 is 1.82 bits per heavy atom. The number of benzene rings is 1. The van der Waals surface area contributed by atoms with E-state index in [1.165, 1.54) is 0 Å². The fraction of sp³-hybridized carbons (Fsp3) is 0.333. The van der Waals surface area contributed by atoms with E-state index in [2.05, 4.69) is 0 Å². The van der Waals surface area contributed by atoms with E-state index >= 15 is 0 Å². The Balaban J connectivity index is 3.02. The lowest BCUT2D eigenvalue weighted by molar-refractivity contribution is 0.474. The van der Waals surface area contributed by atoms with Crippen molar-refractivity contribution in [2.75, 3.05) is 0 Å². The molecule has 11 heavy (non-hydrogen) atoms. The van der Waals surface area contributed by atoms with Crippen LogP contribution >= 0.6 is 0 Å². The van der Waals surface area contributed by atoms with Crippen LogP contribution < -0.4 is 0 Å². The van der Waals surface area contributed by atoms with E-state index in [9.17, 15) is 8.78 Å². The van der Waals surface area contributed by atoms with Gasteiger partial charge in [-0.2, -0.15) is 0 Å². The van der Waals surface area contributed by atoms with Crippen LogP contribution in [0.2, 0.25) is 0 Å². The van der Waals surface area contributed by atoms with Crippen LogP contribution in [-0.2, 0) is 13.3 Å². The summed E-state index contributed by atoms with van der Waals surface area (Å²) in [4.78, 5) is 0. The quantitative estimate of drug-likeness (QED) is 0.617. The molecule has 0 amide bonds. The highest BCUT2D eigenvalue weighted by Gasteiger charge is 1.96. The van der Waals surface area contributed by atoms with Gasteiger partial charge in [-0.05, 0) is 18.1 Å². The van der Waals surface area contributed by atoms with Gasteiger partial charge in [0.1, 0.15) is 13.3 Å². The summed E-state index contributed by atoms with van der Waals surface area (Å²) in [6, 6.07) is 4.99. The topological polar surface area (TPSA) is 0 Å². The van der Waals surface area contributed by atoms with E-state index in [4.69, 9.17) is 0 Å². The Morgan fingerprint density at radius 2 is 1.45 bits per heavy atom. The molecule has 0 aliphatic carbocycles. The second-order valence-corrected chi connectivity index (χ2v) is 2.59. The van der Waals surface area contributed by atoms with E-state index in [0.717, 1.165) is 5.56 Å². The molecule has 0 aliphatic heterocycles. The highest BCUT2D eigenvalue weighted by molar-refractivity contribution is 5.28. The molecule has 0 aromatic heterocycles. The summed E-state index contributed by atoms with van der Waals surface area (Å²) in [5.41, 5.74) is 2.02. The third kappa shape index (κ3) is 2.00. The minimum atomic E-state index is -0.519. The molecule has 0 atom stereocenters. The number of hydrogen-bond donors (Lipinski definition) is 0. The molecular weight excluding hydrogens is 146 g/mol. The molecule has 0 fully saturated rings. The minimum Gasteiger partial charge on any atom is -0.246 e. The van der Waals surface area contributed by atoms with Gasteiger partial charge < -0.3 is 0 Å². The predicted molar refractivity (Wildman–Crippen MR) is 40.8 cm³/mol. The Hall–Kier alpha value is -0.920. The SMILES string of the molecule is Cc1cc(CF)cc(CF)c1. The maximum Gasteiger partial charge on any atom is 0.115 e. The maximum absolute atomic E-state index is 12.1. The first-order chi connectivity index (χ1) is 5.26. The van der Waals surface area contributed by atoms with Gasteiger partial charge in [-0.15, -0.1) is 0 Å². The molecule has 0 spiro atoms. The summed E-state index contributed by atoms with van der Waals surface area (Å²) in [5.74, 6) is 0. The van der Waals surface area contributed by atoms with Crippen LogP contribution in [0.1, 0.15) is 16.7 Å². The van der Waals surface area contributed by atoms with Crippen molar-refractivity contribution in [1.29, 1.82) is 0 Å². The lowest BCUT2D eigenvalue weighted by atomic mass is 10.1. The fourth-order valence-corrected chi connectivity index (χ4v) is 1.10. The molecule has 0 N–H and O–H groups in total. The minimum absolute atomic E-state index is 0.519. The van der Waals surface area contributed by atoms with Gasteiger partial charge in [0.05, 0.1) is 0 Å². The van der Waals surface area contributed by atoms with Gasteiger partial charge in [-0.3, -0.25) is 0 Å². The highest BCUT2D eigenvalue weighted by atomic mass is 19.1. The van der Waals surface area contributed by atoms with E-state index in [1.807, 2.05) is 6.92 Å². The second-order valence-electron chi connectivity index (χ2n) is 2.59. The second kappa shape index (κ2) is 3.46. The third-order valence-electron chi connectivity index (χ3n) is 1.51. The molecule has 0 radical (unpaired) electrons. The molecule has 0 unspecified atom stereocenters. The number of aryl methyl sites for hydroxylation is 1. The molecule has 0 saturated heterocycles. The van der Waals surface area contributed by atoms with Crippen molar-refractivity contribution in [2.45, 2.75) is 20.3 Å². The van der Waals surface area contributed by atoms with Crippen molar-refractivity contribution in [2.24, 2.45) is 0 Å². The van der Waals surface area contributed by atoms with Crippen LogP contribution in [0, 0.1) is 6.92 Å². The summed E-state index contributed by atoms with van der Waals surface area (Å²) in [6.45, 7) is 0.793. The Bertz CT molecular complexity index is 221. The summed E-state index contributed by atoms with van der Waals surface area (Å²) in [6.07, 6.45) is 0. The Labute approximate surface area is 64.9 Å². The van der Waals surface area contributed by atoms with Gasteiger partial charge in [-0.25, -0.2) is 8.78 Å². The number of rotatable bonds is 2. The van der Waals surface area contributed by atoms with Gasteiger partial charge in [0.25, 0.3) is 0 Å². The van der Waals surface area contributed by atoms with Crippen molar-refractivity contribution in [1.82, 2.24) is 0 Å². The van der Waals surface area contributed by atoms with Gasteiger partial charge in [0, 0.05) is 0 Å². The Morgan fingerprint density at radius 1 is 1.00 bits per heavy atom. The molecule has 1 aromatic carbocycles. The molecule has 0 nitrogen and oxygen atoms in total. The van der Waals surface area contributed by atoms with Crippen LogP contribution in [0.25, 0.3) is 0 Å². The first-order valence-electron chi connectivity index (χ1n) is 3.47. The number of halogens is 2. The van der Waals surface area contributed by atoms with Crippen LogP contribution in [0.3, 0.4) is 0 Å². The molecular formula is C9H10F2.